The van der Waals surface area contributed by atoms with Gasteiger partial charge < -0.3 is 15.3 Å². The molecule has 2 rings (SSSR count). The molecule has 0 bridgehead atoms. The molecule has 20 heavy (non-hydrogen) atoms. The van der Waals surface area contributed by atoms with Gasteiger partial charge in [-0.15, -0.1) is 11.8 Å². The minimum absolute atomic E-state index is 0.0151. The smallest absolute Gasteiger partial charge is 0.246 e. The van der Waals surface area contributed by atoms with Crippen molar-refractivity contribution in [2.24, 2.45) is 5.41 Å². The third-order valence-corrected chi connectivity index (χ3v) is 5.83. The highest BCUT2D eigenvalue weighted by atomic mass is 32.2. The number of carbonyl (C=O) groups is 2. The lowest BCUT2D eigenvalue weighted by molar-refractivity contribution is -0.138. The Hall–Kier alpha value is -0.750. The van der Waals surface area contributed by atoms with Crippen LogP contribution in [0, 0.1) is 5.41 Å². The molecule has 0 aromatic rings. The molecule has 5 nitrogen and oxygen atoms in total. The molecule has 2 aliphatic heterocycles. The fraction of sp³-hybridized carbons (Fsp3) is 0.857. The molecule has 0 saturated carbocycles. The van der Waals surface area contributed by atoms with Gasteiger partial charge in [-0.1, -0.05) is 6.92 Å². The molecule has 0 unspecified atom stereocenters. The van der Waals surface area contributed by atoms with Crippen LogP contribution >= 0.6 is 11.8 Å². The number of hydrogen-bond donors (Lipinski definition) is 2. The number of nitrogens with zero attached hydrogens (tertiary/aromatic N) is 1. The van der Waals surface area contributed by atoms with E-state index in [1.165, 1.54) is 11.8 Å². The van der Waals surface area contributed by atoms with E-state index in [9.17, 15) is 14.7 Å². The van der Waals surface area contributed by atoms with Crippen LogP contribution in [0.1, 0.15) is 33.6 Å². The Bertz CT molecular complexity index is 403. The van der Waals surface area contributed by atoms with E-state index in [2.05, 4.69) is 12.2 Å². The van der Waals surface area contributed by atoms with Gasteiger partial charge in [-0.25, -0.2) is 0 Å². The SMILES string of the molecule is CC1(CO)CCN(C(=O)[C@H]2CSC(C)(C)C(=O)N2)CC1. The van der Waals surface area contributed by atoms with Crippen molar-refractivity contribution in [3.05, 3.63) is 0 Å². The minimum Gasteiger partial charge on any atom is -0.396 e. The molecule has 0 aromatic heterocycles. The lowest BCUT2D eigenvalue weighted by atomic mass is 9.81. The van der Waals surface area contributed by atoms with E-state index in [1.807, 2.05) is 18.7 Å². The molecule has 0 aromatic carbocycles. The van der Waals surface area contributed by atoms with Gasteiger partial charge >= 0.3 is 0 Å². The van der Waals surface area contributed by atoms with Crippen molar-refractivity contribution in [2.75, 3.05) is 25.4 Å². The molecule has 2 amide bonds. The molecule has 0 radical (unpaired) electrons. The molecule has 2 N–H and O–H groups in total. The Morgan fingerprint density at radius 1 is 1.40 bits per heavy atom. The second-order valence-electron chi connectivity index (χ2n) is 6.64. The van der Waals surface area contributed by atoms with Crippen molar-refractivity contribution in [1.29, 1.82) is 0 Å². The fourth-order valence-electron chi connectivity index (χ4n) is 2.51. The van der Waals surface area contributed by atoms with Crippen LogP contribution in [0.2, 0.25) is 0 Å². The molecule has 1 atom stereocenters. The standard InChI is InChI=1S/C14H24N2O3S/c1-13(2)12(19)15-10(8-20-13)11(18)16-6-4-14(3,9-17)5-7-16/h10,17H,4-9H2,1-3H3,(H,15,19)/t10-/m1/s1. The Labute approximate surface area is 124 Å². The first kappa shape index (κ1) is 15.6. The summed E-state index contributed by atoms with van der Waals surface area (Å²) in [6.07, 6.45) is 1.63. The summed E-state index contributed by atoms with van der Waals surface area (Å²) in [7, 11) is 0. The second kappa shape index (κ2) is 5.56. The molecule has 0 spiro atoms. The predicted molar refractivity (Wildman–Crippen MR) is 79.5 cm³/mol. The van der Waals surface area contributed by atoms with Gasteiger partial charge in [0.05, 0.1) is 4.75 Å². The molecular weight excluding hydrogens is 276 g/mol. The summed E-state index contributed by atoms with van der Waals surface area (Å²) in [4.78, 5) is 26.2. The fourth-order valence-corrected chi connectivity index (χ4v) is 3.51. The van der Waals surface area contributed by atoms with E-state index in [4.69, 9.17) is 0 Å². The summed E-state index contributed by atoms with van der Waals surface area (Å²) in [6, 6.07) is -0.404. The van der Waals surface area contributed by atoms with Crippen LogP contribution in [0.3, 0.4) is 0 Å². The van der Waals surface area contributed by atoms with Crippen LogP contribution in [0.5, 0.6) is 0 Å². The number of aliphatic hydroxyl groups excluding tert-OH is 1. The van der Waals surface area contributed by atoms with E-state index < -0.39 is 10.8 Å². The molecule has 2 fully saturated rings. The zero-order valence-electron chi connectivity index (χ0n) is 12.4. The van der Waals surface area contributed by atoms with Crippen LogP contribution in [-0.2, 0) is 9.59 Å². The van der Waals surface area contributed by atoms with Crippen LogP contribution in [-0.4, -0.2) is 58.1 Å². The van der Waals surface area contributed by atoms with Crippen molar-refractivity contribution in [2.45, 2.75) is 44.4 Å². The number of thioether (sulfide) groups is 1. The van der Waals surface area contributed by atoms with Gasteiger partial charge in [0.1, 0.15) is 6.04 Å². The molecule has 2 aliphatic rings. The first-order valence-corrected chi connectivity index (χ1v) is 8.11. The Balaban J connectivity index is 1.92. The summed E-state index contributed by atoms with van der Waals surface area (Å²) < 4.78 is -0.450. The van der Waals surface area contributed by atoms with E-state index in [-0.39, 0.29) is 23.8 Å². The molecular formula is C14H24N2O3S. The lowest BCUT2D eigenvalue weighted by Gasteiger charge is -2.41. The van der Waals surface area contributed by atoms with Crippen molar-refractivity contribution >= 4 is 23.6 Å². The lowest BCUT2D eigenvalue weighted by Crippen LogP contribution is -2.59. The summed E-state index contributed by atoms with van der Waals surface area (Å²) in [6.45, 7) is 7.30. The predicted octanol–water partition coefficient (Wildman–Crippen LogP) is 0.618. The third kappa shape index (κ3) is 3.11. The maximum Gasteiger partial charge on any atom is 0.246 e. The normalized spacial score (nSPS) is 28.9. The number of hydrogen-bond acceptors (Lipinski definition) is 4. The van der Waals surface area contributed by atoms with Gasteiger partial charge in [0.25, 0.3) is 0 Å². The zero-order chi connectivity index (χ0) is 15.0. The maximum absolute atomic E-state index is 12.4. The number of rotatable bonds is 2. The number of likely N-dealkylation sites (tertiary alicyclic amines) is 1. The number of nitrogens with one attached hydrogen (secondary N) is 1. The van der Waals surface area contributed by atoms with E-state index in [0.717, 1.165) is 12.8 Å². The van der Waals surface area contributed by atoms with Gasteiger partial charge in [-0.2, -0.15) is 0 Å². The Kier molecular flexibility index (Phi) is 4.35. The summed E-state index contributed by atoms with van der Waals surface area (Å²) in [5, 5.41) is 12.2. The van der Waals surface area contributed by atoms with Crippen molar-refractivity contribution in [1.82, 2.24) is 10.2 Å². The van der Waals surface area contributed by atoms with Crippen molar-refractivity contribution < 1.29 is 14.7 Å². The van der Waals surface area contributed by atoms with E-state index >= 15 is 0 Å². The first-order valence-electron chi connectivity index (χ1n) is 7.12. The molecule has 2 saturated heterocycles. The molecule has 0 aliphatic carbocycles. The number of amides is 2. The van der Waals surface area contributed by atoms with Crippen molar-refractivity contribution in [3.63, 3.8) is 0 Å². The third-order valence-electron chi connectivity index (χ3n) is 4.43. The average molecular weight is 300 g/mol. The summed E-state index contributed by atoms with van der Waals surface area (Å²) >= 11 is 1.53. The van der Waals surface area contributed by atoms with Gasteiger partial charge in [0.2, 0.25) is 11.8 Å². The summed E-state index contributed by atoms with van der Waals surface area (Å²) in [5.74, 6) is 0.580. The van der Waals surface area contributed by atoms with Crippen LogP contribution < -0.4 is 5.32 Å². The van der Waals surface area contributed by atoms with Gasteiger partial charge in [0, 0.05) is 25.4 Å². The Morgan fingerprint density at radius 2 is 2.00 bits per heavy atom. The molecule has 6 heteroatoms. The summed E-state index contributed by atoms with van der Waals surface area (Å²) in [5.41, 5.74) is -0.0661. The molecule has 114 valence electrons. The number of carbonyl (C=O) groups excluding carboxylic acids is 2. The molecule has 2 heterocycles. The van der Waals surface area contributed by atoms with Gasteiger partial charge in [0.15, 0.2) is 0 Å². The average Bonchev–Trinajstić information content (AvgIpc) is 2.42. The maximum atomic E-state index is 12.4. The van der Waals surface area contributed by atoms with Crippen LogP contribution in [0.25, 0.3) is 0 Å². The van der Waals surface area contributed by atoms with Gasteiger partial charge in [-0.3, -0.25) is 9.59 Å². The first-order chi connectivity index (χ1) is 9.27. The van der Waals surface area contributed by atoms with E-state index in [0.29, 0.717) is 18.8 Å². The second-order valence-corrected chi connectivity index (χ2v) is 8.28. The zero-order valence-corrected chi connectivity index (χ0v) is 13.3. The topological polar surface area (TPSA) is 69.6 Å². The highest BCUT2D eigenvalue weighted by molar-refractivity contribution is 8.01. The monoisotopic (exact) mass is 300 g/mol. The van der Waals surface area contributed by atoms with Gasteiger partial charge in [-0.05, 0) is 32.1 Å². The quantitative estimate of drug-likeness (QED) is 0.784. The van der Waals surface area contributed by atoms with E-state index in [1.54, 1.807) is 0 Å². The highest BCUT2D eigenvalue weighted by Crippen LogP contribution is 2.32. The number of piperidine rings is 1. The number of aliphatic hydroxyl groups is 1. The van der Waals surface area contributed by atoms with Crippen LogP contribution in [0.15, 0.2) is 0 Å². The Morgan fingerprint density at radius 3 is 2.50 bits per heavy atom. The largest absolute Gasteiger partial charge is 0.396 e. The van der Waals surface area contributed by atoms with Crippen LogP contribution in [0.4, 0.5) is 0 Å². The van der Waals surface area contributed by atoms with Crippen molar-refractivity contribution in [3.8, 4) is 0 Å². The highest BCUT2D eigenvalue weighted by Gasteiger charge is 2.40. The minimum atomic E-state index is -0.450.